The minimum Gasteiger partial charge on any atom is -0.298 e. The van der Waals surface area contributed by atoms with Crippen molar-refractivity contribution in [3.05, 3.63) is 48.3 Å². The molecule has 0 aliphatic rings. The first kappa shape index (κ1) is 12.3. The van der Waals surface area contributed by atoms with Crippen molar-refractivity contribution in [3.8, 4) is 16.8 Å². The van der Waals surface area contributed by atoms with Gasteiger partial charge >= 0.3 is 0 Å². The van der Waals surface area contributed by atoms with Crippen LogP contribution in [0.3, 0.4) is 0 Å². The highest BCUT2D eigenvalue weighted by Crippen LogP contribution is 2.25. The van der Waals surface area contributed by atoms with E-state index in [2.05, 4.69) is 15.2 Å². The Bertz CT molecular complexity index is 758. The summed E-state index contributed by atoms with van der Waals surface area (Å²) in [5, 5.41) is 8.27. The maximum atomic E-state index is 11.3. The van der Waals surface area contributed by atoms with Gasteiger partial charge in [-0.3, -0.25) is 9.48 Å². The summed E-state index contributed by atoms with van der Waals surface area (Å²) < 4.78 is 3.38. The van der Waals surface area contributed by atoms with E-state index in [0.717, 1.165) is 23.1 Å². The zero-order valence-corrected chi connectivity index (χ0v) is 11.2. The minimum atomic E-state index is 0.566. The third-order valence-electron chi connectivity index (χ3n) is 3.37. The molecule has 100 valence electrons. The lowest BCUT2D eigenvalue weighted by atomic mass is 10.0. The third-order valence-corrected chi connectivity index (χ3v) is 3.37. The molecule has 20 heavy (non-hydrogen) atoms. The number of aryl methyl sites for hydroxylation is 1. The highest BCUT2D eigenvalue weighted by atomic mass is 16.1. The Morgan fingerprint density at radius 3 is 2.70 bits per heavy atom. The van der Waals surface area contributed by atoms with Crippen LogP contribution >= 0.6 is 0 Å². The largest absolute Gasteiger partial charge is 0.298 e. The Balaban J connectivity index is 2.12. The van der Waals surface area contributed by atoms with Crippen molar-refractivity contribution in [3.63, 3.8) is 0 Å². The first-order chi connectivity index (χ1) is 9.70. The summed E-state index contributed by atoms with van der Waals surface area (Å²) in [6.07, 6.45) is 5.63. The molecule has 0 amide bonds. The van der Waals surface area contributed by atoms with Crippen LogP contribution in [0.4, 0.5) is 0 Å². The van der Waals surface area contributed by atoms with Crippen molar-refractivity contribution in [1.29, 1.82) is 0 Å². The van der Waals surface area contributed by atoms with E-state index in [9.17, 15) is 4.79 Å². The van der Waals surface area contributed by atoms with E-state index >= 15 is 0 Å². The second-order valence-electron chi connectivity index (χ2n) is 4.50. The summed E-state index contributed by atoms with van der Waals surface area (Å²) in [7, 11) is 1.89. The Kier molecular flexibility index (Phi) is 2.90. The molecule has 0 saturated carbocycles. The summed E-state index contributed by atoms with van der Waals surface area (Å²) in [5.74, 6) is 0. The average molecular weight is 267 g/mol. The number of aromatic nitrogens is 5. The second kappa shape index (κ2) is 4.73. The lowest BCUT2D eigenvalue weighted by Crippen LogP contribution is -2.00. The van der Waals surface area contributed by atoms with Crippen LogP contribution in [-0.4, -0.2) is 30.8 Å². The van der Waals surface area contributed by atoms with Crippen molar-refractivity contribution in [2.75, 3.05) is 0 Å². The number of benzene rings is 1. The highest BCUT2D eigenvalue weighted by molar-refractivity contribution is 5.84. The van der Waals surface area contributed by atoms with Crippen LogP contribution in [0.2, 0.25) is 0 Å². The van der Waals surface area contributed by atoms with Gasteiger partial charge in [-0.2, -0.15) is 10.2 Å². The smallest absolute Gasteiger partial charge is 0.152 e. The molecular weight excluding hydrogens is 254 g/mol. The molecule has 0 N–H and O–H groups in total. The standard InChI is InChI=1S/C14H13N5O/c1-10-13(6-16-18(10)2)11-3-4-14(12(5-11)7-20)19-9-15-8-17-19/h3-9H,1-2H3. The Labute approximate surface area is 115 Å². The van der Waals surface area contributed by atoms with Crippen LogP contribution in [0.15, 0.2) is 37.1 Å². The van der Waals surface area contributed by atoms with Crippen molar-refractivity contribution >= 4 is 6.29 Å². The summed E-state index contributed by atoms with van der Waals surface area (Å²) in [4.78, 5) is 15.2. The van der Waals surface area contributed by atoms with Crippen molar-refractivity contribution in [1.82, 2.24) is 24.5 Å². The first-order valence-corrected chi connectivity index (χ1v) is 6.14. The molecule has 0 unspecified atom stereocenters. The minimum absolute atomic E-state index is 0.566. The summed E-state index contributed by atoms with van der Waals surface area (Å²) in [5.41, 5.74) is 4.30. The van der Waals surface area contributed by atoms with Crippen LogP contribution < -0.4 is 0 Å². The van der Waals surface area contributed by atoms with E-state index in [-0.39, 0.29) is 0 Å². The van der Waals surface area contributed by atoms with E-state index in [4.69, 9.17) is 0 Å². The molecule has 0 saturated heterocycles. The first-order valence-electron chi connectivity index (χ1n) is 6.14. The average Bonchev–Trinajstić information content (AvgIpc) is 3.10. The maximum Gasteiger partial charge on any atom is 0.152 e. The van der Waals surface area contributed by atoms with Crippen molar-refractivity contribution < 1.29 is 4.79 Å². The number of aldehydes is 1. The fourth-order valence-corrected chi connectivity index (χ4v) is 2.14. The molecule has 3 rings (SSSR count). The Hall–Kier alpha value is -2.76. The van der Waals surface area contributed by atoms with Gasteiger partial charge in [0.25, 0.3) is 0 Å². The number of hydrogen-bond acceptors (Lipinski definition) is 4. The fourth-order valence-electron chi connectivity index (χ4n) is 2.14. The van der Waals surface area contributed by atoms with Crippen LogP contribution in [-0.2, 0) is 7.05 Å². The van der Waals surface area contributed by atoms with E-state index in [1.807, 2.05) is 32.2 Å². The van der Waals surface area contributed by atoms with Gasteiger partial charge in [-0.05, 0) is 24.6 Å². The highest BCUT2D eigenvalue weighted by Gasteiger charge is 2.10. The van der Waals surface area contributed by atoms with Gasteiger partial charge in [0, 0.05) is 23.9 Å². The fraction of sp³-hybridized carbons (Fsp3) is 0.143. The van der Waals surface area contributed by atoms with Gasteiger partial charge in [-0.25, -0.2) is 9.67 Å². The van der Waals surface area contributed by atoms with Gasteiger partial charge in [0.15, 0.2) is 6.29 Å². The second-order valence-corrected chi connectivity index (χ2v) is 4.50. The molecule has 0 aliphatic heterocycles. The van der Waals surface area contributed by atoms with Gasteiger partial charge in [0.1, 0.15) is 12.7 Å². The van der Waals surface area contributed by atoms with Crippen LogP contribution in [0.1, 0.15) is 16.1 Å². The molecule has 0 radical (unpaired) electrons. The molecule has 3 aromatic rings. The maximum absolute atomic E-state index is 11.3. The molecule has 0 spiro atoms. The number of nitrogens with zero attached hydrogens (tertiary/aromatic N) is 5. The molecule has 2 heterocycles. The van der Waals surface area contributed by atoms with Gasteiger partial charge in [-0.1, -0.05) is 6.07 Å². The molecule has 6 heteroatoms. The Morgan fingerprint density at radius 1 is 1.25 bits per heavy atom. The number of carbonyl (C=O) groups excluding carboxylic acids is 1. The predicted octanol–water partition coefficient (Wildman–Crippen LogP) is 1.79. The molecule has 0 bridgehead atoms. The predicted molar refractivity (Wildman–Crippen MR) is 73.7 cm³/mol. The van der Waals surface area contributed by atoms with Crippen molar-refractivity contribution in [2.45, 2.75) is 6.92 Å². The lowest BCUT2D eigenvalue weighted by molar-refractivity contribution is 0.112. The van der Waals surface area contributed by atoms with E-state index in [1.165, 1.54) is 6.33 Å². The van der Waals surface area contributed by atoms with E-state index in [1.54, 1.807) is 21.9 Å². The molecule has 0 fully saturated rings. The topological polar surface area (TPSA) is 65.6 Å². The van der Waals surface area contributed by atoms with Crippen LogP contribution in [0.5, 0.6) is 0 Å². The van der Waals surface area contributed by atoms with Crippen molar-refractivity contribution in [2.24, 2.45) is 7.05 Å². The SMILES string of the molecule is Cc1c(-c2ccc(-n3cncn3)c(C=O)c2)cnn1C. The molecule has 2 aromatic heterocycles. The summed E-state index contributed by atoms with van der Waals surface area (Å²) in [6, 6.07) is 5.65. The summed E-state index contributed by atoms with van der Waals surface area (Å²) >= 11 is 0. The van der Waals surface area contributed by atoms with Gasteiger partial charge in [-0.15, -0.1) is 0 Å². The Morgan fingerprint density at radius 2 is 2.10 bits per heavy atom. The number of carbonyl (C=O) groups is 1. The molecule has 0 aliphatic carbocycles. The third kappa shape index (κ3) is 1.91. The zero-order valence-electron chi connectivity index (χ0n) is 11.2. The number of hydrogen-bond donors (Lipinski definition) is 0. The monoisotopic (exact) mass is 267 g/mol. The normalized spacial score (nSPS) is 10.7. The number of rotatable bonds is 3. The molecule has 0 atom stereocenters. The van der Waals surface area contributed by atoms with Gasteiger partial charge in [0.05, 0.1) is 11.9 Å². The van der Waals surface area contributed by atoms with E-state index < -0.39 is 0 Å². The quantitative estimate of drug-likeness (QED) is 0.678. The van der Waals surface area contributed by atoms with Gasteiger partial charge in [0.2, 0.25) is 0 Å². The van der Waals surface area contributed by atoms with Crippen LogP contribution in [0.25, 0.3) is 16.8 Å². The van der Waals surface area contributed by atoms with Gasteiger partial charge < -0.3 is 0 Å². The molecule has 1 aromatic carbocycles. The van der Waals surface area contributed by atoms with E-state index in [0.29, 0.717) is 11.3 Å². The molecule has 6 nitrogen and oxygen atoms in total. The lowest BCUT2D eigenvalue weighted by Gasteiger charge is -2.07. The zero-order chi connectivity index (χ0) is 14.1. The summed E-state index contributed by atoms with van der Waals surface area (Å²) in [6.45, 7) is 1.99. The molecular formula is C14H13N5O. The van der Waals surface area contributed by atoms with Crippen LogP contribution in [0, 0.1) is 6.92 Å².